The number of aromatic nitrogens is 4. The minimum Gasteiger partial charge on any atom is -0.491 e. The molecule has 0 aliphatic heterocycles. The van der Waals surface area contributed by atoms with Crippen LogP contribution in [0.2, 0.25) is 0 Å². The molecule has 116 valence electrons. The first-order valence-electron chi connectivity index (χ1n) is 6.79. The van der Waals surface area contributed by atoms with Crippen LogP contribution in [0, 0.1) is 5.92 Å². The van der Waals surface area contributed by atoms with Gasteiger partial charge in [-0.05, 0) is 34.9 Å². The molecule has 22 heavy (non-hydrogen) atoms. The van der Waals surface area contributed by atoms with E-state index in [9.17, 15) is 4.79 Å². The number of hydrogen-bond acceptors (Lipinski definition) is 6. The van der Waals surface area contributed by atoms with E-state index in [0.29, 0.717) is 24.0 Å². The highest BCUT2D eigenvalue weighted by Crippen LogP contribution is 2.23. The number of tetrazole rings is 1. The fraction of sp³-hybridized carbons (Fsp3) is 0.286. The first-order chi connectivity index (χ1) is 10.5. The van der Waals surface area contributed by atoms with Gasteiger partial charge in [0.05, 0.1) is 12.3 Å². The standard InChI is InChI=1S/C14H18N6O2/c1-9(2)8-22-12-5-3-10(7-11(12)15)4-6-13(21)16-14-17-19-20-18-14/h3-7,9H,8,15H2,1-2H3,(H2,16,17,18,19,20,21)/b6-4-. The average molecular weight is 302 g/mol. The maximum atomic E-state index is 11.6. The van der Waals surface area contributed by atoms with E-state index in [4.69, 9.17) is 10.5 Å². The van der Waals surface area contributed by atoms with E-state index in [2.05, 4.69) is 39.8 Å². The van der Waals surface area contributed by atoms with Crippen LogP contribution in [0.1, 0.15) is 19.4 Å². The number of aromatic amines is 1. The number of nitrogen functional groups attached to an aromatic ring is 1. The Morgan fingerprint density at radius 1 is 1.50 bits per heavy atom. The van der Waals surface area contributed by atoms with Crippen molar-refractivity contribution in [1.29, 1.82) is 0 Å². The first kappa shape index (κ1) is 15.5. The van der Waals surface area contributed by atoms with Crippen molar-refractivity contribution in [3.05, 3.63) is 29.8 Å². The second-order valence-electron chi connectivity index (χ2n) is 5.06. The van der Waals surface area contributed by atoms with Gasteiger partial charge >= 0.3 is 0 Å². The topological polar surface area (TPSA) is 119 Å². The molecule has 1 heterocycles. The Morgan fingerprint density at radius 3 is 2.95 bits per heavy atom. The first-order valence-corrected chi connectivity index (χ1v) is 6.79. The average Bonchev–Trinajstić information content (AvgIpc) is 2.96. The molecule has 2 rings (SSSR count). The van der Waals surface area contributed by atoms with Gasteiger partial charge in [0.15, 0.2) is 0 Å². The number of hydrogen-bond donors (Lipinski definition) is 3. The normalized spacial score (nSPS) is 11.0. The van der Waals surface area contributed by atoms with E-state index in [0.717, 1.165) is 5.56 Å². The maximum Gasteiger partial charge on any atom is 0.270 e. The monoisotopic (exact) mass is 302 g/mol. The summed E-state index contributed by atoms with van der Waals surface area (Å²) in [5.41, 5.74) is 7.25. The molecule has 1 aromatic heterocycles. The van der Waals surface area contributed by atoms with Gasteiger partial charge in [-0.25, -0.2) is 0 Å². The number of nitrogens with zero attached hydrogens (tertiary/aromatic N) is 3. The van der Waals surface area contributed by atoms with Gasteiger partial charge in [0, 0.05) is 6.08 Å². The molecule has 0 spiro atoms. The fourth-order valence-electron chi connectivity index (χ4n) is 1.60. The highest BCUT2D eigenvalue weighted by molar-refractivity contribution is 6.00. The summed E-state index contributed by atoms with van der Waals surface area (Å²) in [6.07, 6.45) is 3.00. The van der Waals surface area contributed by atoms with E-state index < -0.39 is 0 Å². The number of benzene rings is 1. The van der Waals surface area contributed by atoms with Crippen LogP contribution in [0.5, 0.6) is 5.75 Å². The van der Waals surface area contributed by atoms with Crippen LogP contribution in [0.25, 0.3) is 6.08 Å². The summed E-state index contributed by atoms with van der Waals surface area (Å²) in [6.45, 7) is 4.73. The zero-order valence-electron chi connectivity index (χ0n) is 12.4. The van der Waals surface area contributed by atoms with E-state index in [1.54, 1.807) is 18.2 Å². The number of anilines is 2. The predicted molar refractivity (Wildman–Crippen MR) is 83.0 cm³/mol. The summed E-state index contributed by atoms with van der Waals surface area (Å²) >= 11 is 0. The number of nitrogens with two attached hydrogens (primary N) is 1. The van der Waals surface area contributed by atoms with Gasteiger partial charge in [0.1, 0.15) is 5.75 Å². The van der Waals surface area contributed by atoms with Gasteiger partial charge in [-0.15, -0.1) is 5.10 Å². The molecule has 4 N–H and O–H groups in total. The summed E-state index contributed by atoms with van der Waals surface area (Å²) in [5.74, 6) is 0.821. The number of H-pyrrole nitrogens is 1. The Balaban J connectivity index is 1.96. The van der Waals surface area contributed by atoms with E-state index in [1.807, 2.05) is 6.07 Å². The van der Waals surface area contributed by atoms with Gasteiger partial charge < -0.3 is 10.5 Å². The van der Waals surface area contributed by atoms with Crippen LogP contribution in [-0.2, 0) is 4.79 Å². The highest BCUT2D eigenvalue weighted by Gasteiger charge is 2.04. The number of rotatable bonds is 6. The Labute approximate surface area is 127 Å². The van der Waals surface area contributed by atoms with Crippen molar-refractivity contribution in [2.24, 2.45) is 5.92 Å². The molecule has 0 unspecified atom stereocenters. The van der Waals surface area contributed by atoms with E-state index >= 15 is 0 Å². The van der Waals surface area contributed by atoms with Crippen LogP contribution >= 0.6 is 0 Å². The minimum absolute atomic E-state index is 0.117. The highest BCUT2D eigenvalue weighted by atomic mass is 16.5. The molecule has 0 fully saturated rings. The van der Waals surface area contributed by atoms with Crippen molar-refractivity contribution < 1.29 is 9.53 Å². The Morgan fingerprint density at radius 2 is 2.32 bits per heavy atom. The molecule has 1 amide bonds. The van der Waals surface area contributed by atoms with E-state index in [1.165, 1.54) is 6.08 Å². The lowest BCUT2D eigenvalue weighted by Gasteiger charge is -2.11. The molecule has 1 aromatic carbocycles. The molecule has 0 aliphatic rings. The quantitative estimate of drug-likeness (QED) is 0.549. The van der Waals surface area contributed by atoms with Gasteiger partial charge in [0.2, 0.25) is 0 Å². The van der Waals surface area contributed by atoms with Crippen LogP contribution in [0.3, 0.4) is 0 Å². The number of amides is 1. The number of ether oxygens (including phenoxy) is 1. The summed E-state index contributed by atoms with van der Waals surface area (Å²) in [5, 5.41) is 15.3. The minimum atomic E-state index is -0.361. The molecule has 0 bridgehead atoms. The Bertz CT molecular complexity index is 651. The molecule has 2 aromatic rings. The summed E-state index contributed by atoms with van der Waals surface area (Å²) in [7, 11) is 0. The Hall–Kier alpha value is -2.90. The van der Waals surface area contributed by atoms with E-state index in [-0.39, 0.29) is 11.9 Å². The van der Waals surface area contributed by atoms with Gasteiger partial charge in [-0.2, -0.15) is 5.21 Å². The van der Waals surface area contributed by atoms with Crippen LogP contribution < -0.4 is 15.8 Å². The van der Waals surface area contributed by atoms with Crippen molar-refractivity contribution in [2.45, 2.75) is 13.8 Å². The molecule has 0 saturated carbocycles. The third-order valence-corrected chi connectivity index (χ3v) is 2.61. The van der Waals surface area contributed by atoms with Crippen LogP contribution in [0.4, 0.5) is 11.6 Å². The van der Waals surface area contributed by atoms with Crippen molar-refractivity contribution in [2.75, 3.05) is 17.7 Å². The molecule has 8 heteroatoms. The lowest BCUT2D eigenvalue weighted by atomic mass is 10.1. The summed E-state index contributed by atoms with van der Waals surface area (Å²) in [4.78, 5) is 11.6. The number of nitrogens with one attached hydrogen (secondary N) is 2. The largest absolute Gasteiger partial charge is 0.491 e. The smallest absolute Gasteiger partial charge is 0.270 e. The van der Waals surface area contributed by atoms with Crippen LogP contribution in [0.15, 0.2) is 24.3 Å². The summed E-state index contributed by atoms with van der Waals surface area (Å²) < 4.78 is 5.59. The molecule has 8 nitrogen and oxygen atoms in total. The van der Waals surface area contributed by atoms with Crippen LogP contribution in [-0.4, -0.2) is 33.1 Å². The van der Waals surface area contributed by atoms with Crippen molar-refractivity contribution in [3.8, 4) is 5.75 Å². The van der Waals surface area contributed by atoms with Gasteiger partial charge in [0.25, 0.3) is 11.9 Å². The SMILES string of the molecule is CC(C)COc1ccc(/C=C\C(=O)Nc2nn[nH]n2)cc1N. The van der Waals surface area contributed by atoms with Crippen molar-refractivity contribution in [1.82, 2.24) is 20.6 Å². The lowest BCUT2D eigenvalue weighted by Crippen LogP contribution is -2.09. The van der Waals surface area contributed by atoms with Gasteiger partial charge in [-0.1, -0.05) is 25.0 Å². The predicted octanol–water partition coefficient (Wildman–Crippen LogP) is 1.47. The molecular formula is C14H18N6O2. The molecule has 0 aliphatic carbocycles. The fourth-order valence-corrected chi connectivity index (χ4v) is 1.60. The number of carbonyl (C=O) groups is 1. The van der Waals surface area contributed by atoms with Gasteiger partial charge in [-0.3, -0.25) is 10.1 Å². The third-order valence-electron chi connectivity index (χ3n) is 2.61. The zero-order valence-corrected chi connectivity index (χ0v) is 12.4. The molecule has 0 saturated heterocycles. The maximum absolute atomic E-state index is 11.6. The second-order valence-corrected chi connectivity index (χ2v) is 5.06. The number of carbonyl (C=O) groups excluding carboxylic acids is 1. The van der Waals surface area contributed by atoms with Crippen molar-refractivity contribution >= 4 is 23.6 Å². The zero-order chi connectivity index (χ0) is 15.9. The molecule has 0 atom stereocenters. The lowest BCUT2D eigenvalue weighted by molar-refractivity contribution is -0.111. The third kappa shape index (κ3) is 4.58. The second kappa shape index (κ2) is 7.21. The Kier molecular flexibility index (Phi) is 5.07. The molecule has 0 radical (unpaired) electrons. The molecular weight excluding hydrogens is 284 g/mol. The summed E-state index contributed by atoms with van der Waals surface area (Å²) in [6, 6.07) is 5.35. The van der Waals surface area contributed by atoms with Crippen molar-refractivity contribution in [3.63, 3.8) is 0 Å².